The summed E-state index contributed by atoms with van der Waals surface area (Å²) in [7, 11) is -0.405. The Hall–Kier alpha value is -1.27. The minimum atomic E-state index is -3.43. The van der Waals surface area contributed by atoms with Gasteiger partial charge in [-0.25, -0.2) is 12.7 Å². The van der Waals surface area contributed by atoms with Crippen LogP contribution in [0.4, 0.5) is 11.4 Å². The molecule has 2 N–H and O–H groups in total. The third-order valence-corrected chi connectivity index (χ3v) is 5.09. The minimum absolute atomic E-state index is 0.232. The summed E-state index contributed by atoms with van der Waals surface area (Å²) in [6.07, 6.45) is 2.20. The molecule has 0 aliphatic rings. The number of unbranched alkanes of at least 4 members (excludes halogenated alkanes) is 1. The zero-order valence-electron chi connectivity index (χ0n) is 12.8. The number of rotatable bonds is 7. The maximum Gasteiger partial charge on any atom is 0.242 e. The first-order valence-electron chi connectivity index (χ1n) is 6.91. The molecule has 0 atom stereocenters. The van der Waals surface area contributed by atoms with E-state index in [1.165, 1.54) is 18.4 Å². The van der Waals surface area contributed by atoms with Crippen LogP contribution >= 0.6 is 0 Å². The van der Waals surface area contributed by atoms with Gasteiger partial charge in [-0.3, -0.25) is 0 Å². The van der Waals surface area contributed by atoms with Crippen molar-refractivity contribution in [2.75, 3.05) is 37.8 Å². The van der Waals surface area contributed by atoms with Crippen molar-refractivity contribution in [3.63, 3.8) is 0 Å². The van der Waals surface area contributed by atoms with E-state index in [2.05, 4.69) is 18.7 Å². The quantitative estimate of drug-likeness (QED) is 0.783. The lowest BCUT2D eigenvalue weighted by atomic mass is 10.2. The van der Waals surface area contributed by atoms with Crippen LogP contribution in [0.5, 0.6) is 0 Å². The fourth-order valence-electron chi connectivity index (χ4n) is 1.99. The predicted molar refractivity (Wildman–Crippen MR) is 84.5 cm³/mol. The summed E-state index contributed by atoms with van der Waals surface area (Å²) in [5, 5.41) is 0. The summed E-state index contributed by atoms with van der Waals surface area (Å²) in [5.41, 5.74) is 7.45. The topological polar surface area (TPSA) is 66.6 Å². The number of benzene rings is 1. The highest BCUT2D eigenvalue weighted by molar-refractivity contribution is 7.89. The third-order valence-electron chi connectivity index (χ3n) is 3.28. The van der Waals surface area contributed by atoms with Crippen molar-refractivity contribution in [2.45, 2.75) is 31.6 Å². The average Bonchev–Trinajstić information content (AvgIpc) is 2.40. The molecule has 0 aliphatic heterocycles. The molecule has 1 aromatic carbocycles. The SMILES string of the molecule is CCCCN(CC)c1ccc(S(=O)(=O)N(C)C)cc1N. The van der Waals surface area contributed by atoms with Gasteiger partial charge in [0.05, 0.1) is 16.3 Å². The molecular weight excluding hydrogens is 274 g/mol. The molecule has 6 heteroatoms. The van der Waals surface area contributed by atoms with Crippen molar-refractivity contribution in [1.29, 1.82) is 0 Å². The van der Waals surface area contributed by atoms with Crippen molar-refractivity contribution >= 4 is 21.4 Å². The smallest absolute Gasteiger partial charge is 0.242 e. The highest BCUT2D eigenvalue weighted by Crippen LogP contribution is 2.27. The molecule has 0 radical (unpaired) electrons. The van der Waals surface area contributed by atoms with Gasteiger partial charge in [0.25, 0.3) is 0 Å². The first-order chi connectivity index (χ1) is 9.34. The summed E-state index contributed by atoms with van der Waals surface area (Å²) in [5.74, 6) is 0. The standard InChI is InChI=1S/C14H25N3O2S/c1-5-7-10-17(6-2)14-9-8-12(11-13(14)15)20(18,19)16(3)4/h8-9,11H,5-7,10,15H2,1-4H3. The molecule has 0 aromatic heterocycles. The molecule has 0 saturated heterocycles. The number of sulfonamides is 1. The van der Waals surface area contributed by atoms with Gasteiger partial charge < -0.3 is 10.6 Å². The van der Waals surface area contributed by atoms with Crippen LogP contribution in [0.3, 0.4) is 0 Å². The normalized spacial score (nSPS) is 11.8. The van der Waals surface area contributed by atoms with Gasteiger partial charge >= 0.3 is 0 Å². The number of hydrogen-bond acceptors (Lipinski definition) is 4. The summed E-state index contributed by atoms with van der Waals surface area (Å²) >= 11 is 0. The van der Waals surface area contributed by atoms with Crippen molar-refractivity contribution in [2.24, 2.45) is 0 Å². The highest BCUT2D eigenvalue weighted by atomic mass is 32.2. The van der Waals surface area contributed by atoms with Crippen LogP contribution < -0.4 is 10.6 Å². The second kappa shape index (κ2) is 6.95. The molecule has 114 valence electrons. The molecule has 0 aliphatic carbocycles. The fourth-order valence-corrected chi connectivity index (χ4v) is 2.93. The lowest BCUT2D eigenvalue weighted by Crippen LogP contribution is -2.26. The predicted octanol–water partition coefficient (Wildman–Crippen LogP) is 2.15. The van der Waals surface area contributed by atoms with Gasteiger partial charge in [0.2, 0.25) is 10.0 Å². The van der Waals surface area contributed by atoms with E-state index >= 15 is 0 Å². The van der Waals surface area contributed by atoms with Crippen LogP contribution in [-0.4, -0.2) is 39.9 Å². The summed E-state index contributed by atoms with van der Waals surface area (Å²) in [6, 6.07) is 4.96. The van der Waals surface area contributed by atoms with E-state index in [4.69, 9.17) is 5.73 Å². The van der Waals surface area contributed by atoms with E-state index in [0.29, 0.717) is 5.69 Å². The Morgan fingerprint density at radius 2 is 1.85 bits per heavy atom. The lowest BCUT2D eigenvalue weighted by Gasteiger charge is -2.25. The largest absolute Gasteiger partial charge is 0.397 e. The zero-order chi connectivity index (χ0) is 15.3. The molecule has 1 aromatic rings. The van der Waals surface area contributed by atoms with E-state index < -0.39 is 10.0 Å². The molecule has 0 amide bonds. The lowest BCUT2D eigenvalue weighted by molar-refractivity contribution is 0.521. The average molecular weight is 299 g/mol. The van der Waals surface area contributed by atoms with Crippen molar-refractivity contribution in [1.82, 2.24) is 4.31 Å². The number of nitrogens with zero attached hydrogens (tertiary/aromatic N) is 2. The Morgan fingerprint density at radius 1 is 1.20 bits per heavy atom. The van der Waals surface area contributed by atoms with Crippen LogP contribution in [0.25, 0.3) is 0 Å². The zero-order valence-corrected chi connectivity index (χ0v) is 13.6. The Morgan fingerprint density at radius 3 is 2.30 bits per heavy atom. The van der Waals surface area contributed by atoms with Crippen LogP contribution in [0.1, 0.15) is 26.7 Å². The van der Waals surface area contributed by atoms with Gasteiger partial charge in [0.1, 0.15) is 0 Å². The second-order valence-electron chi connectivity index (χ2n) is 4.94. The maximum absolute atomic E-state index is 12.1. The number of anilines is 2. The van der Waals surface area contributed by atoms with E-state index in [1.54, 1.807) is 18.2 Å². The van der Waals surface area contributed by atoms with E-state index in [9.17, 15) is 8.42 Å². The number of hydrogen-bond donors (Lipinski definition) is 1. The molecule has 0 saturated carbocycles. The molecule has 0 unspecified atom stereocenters. The molecule has 0 heterocycles. The first kappa shape index (κ1) is 16.8. The monoisotopic (exact) mass is 299 g/mol. The molecule has 5 nitrogen and oxygen atoms in total. The number of nitrogens with two attached hydrogens (primary N) is 1. The van der Waals surface area contributed by atoms with Crippen LogP contribution in [-0.2, 0) is 10.0 Å². The second-order valence-corrected chi connectivity index (χ2v) is 7.09. The van der Waals surface area contributed by atoms with Crippen LogP contribution in [0.15, 0.2) is 23.1 Å². The fraction of sp³-hybridized carbons (Fsp3) is 0.571. The van der Waals surface area contributed by atoms with Crippen LogP contribution in [0, 0.1) is 0 Å². The highest BCUT2D eigenvalue weighted by Gasteiger charge is 2.19. The minimum Gasteiger partial charge on any atom is -0.397 e. The molecule has 1 rings (SSSR count). The van der Waals surface area contributed by atoms with Crippen molar-refractivity contribution < 1.29 is 8.42 Å². The Kier molecular flexibility index (Phi) is 5.83. The first-order valence-corrected chi connectivity index (χ1v) is 8.35. The molecular formula is C14H25N3O2S. The van der Waals surface area contributed by atoms with Gasteiger partial charge in [-0.15, -0.1) is 0 Å². The maximum atomic E-state index is 12.1. The van der Waals surface area contributed by atoms with Gasteiger partial charge in [-0.1, -0.05) is 13.3 Å². The van der Waals surface area contributed by atoms with Gasteiger partial charge in [0.15, 0.2) is 0 Å². The Labute approximate surface area is 122 Å². The number of nitrogen functional groups attached to an aromatic ring is 1. The Bertz CT molecular complexity index is 541. The van der Waals surface area contributed by atoms with Gasteiger partial charge in [-0.2, -0.15) is 0 Å². The summed E-state index contributed by atoms with van der Waals surface area (Å²) in [4.78, 5) is 2.40. The molecule has 0 bridgehead atoms. The van der Waals surface area contributed by atoms with Crippen LogP contribution in [0.2, 0.25) is 0 Å². The van der Waals surface area contributed by atoms with E-state index in [-0.39, 0.29) is 4.90 Å². The third kappa shape index (κ3) is 3.64. The van der Waals surface area contributed by atoms with Gasteiger partial charge in [-0.05, 0) is 31.5 Å². The summed E-state index contributed by atoms with van der Waals surface area (Å²) in [6.45, 7) is 5.99. The molecule has 20 heavy (non-hydrogen) atoms. The summed E-state index contributed by atoms with van der Waals surface area (Å²) < 4.78 is 25.3. The van der Waals surface area contributed by atoms with Crippen molar-refractivity contribution in [3.8, 4) is 0 Å². The van der Waals surface area contributed by atoms with Gasteiger partial charge in [0, 0.05) is 27.2 Å². The van der Waals surface area contributed by atoms with E-state index in [0.717, 1.165) is 31.6 Å². The molecule has 0 spiro atoms. The van der Waals surface area contributed by atoms with Crippen molar-refractivity contribution in [3.05, 3.63) is 18.2 Å². The Balaban J connectivity index is 3.10. The van der Waals surface area contributed by atoms with E-state index in [1.807, 2.05) is 0 Å². The molecule has 0 fully saturated rings.